The molecule has 0 N–H and O–H groups in total. The molecule has 2 saturated heterocycles. The number of rotatable bonds is 4. The Morgan fingerprint density at radius 1 is 1.32 bits per heavy atom. The van der Waals surface area contributed by atoms with E-state index in [-0.39, 0.29) is 5.91 Å². The second-order valence-corrected chi connectivity index (χ2v) is 6.14. The Balaban J connectivity index is 1.44. The summed E-state index contributed by atoms with van der Waals surface area (Å²) >= 11 is 0. The summed E-state index contributed by atoms with van der Waals surface area (Å²) in [7, 11) is 0. The van der Waals surface area contributed by atoms with Gasteiger partial charge in [-0.25, -0.2) is 0 Å². The smallest absolute Gasteiger partial charge is 0.246 e. The molecule has 0 radical (unpaired) electrons. The average molecular weight is 304 g/mol. The molecular formula is C17H24N2O3. The molecule has 1 amide bonds. The summed E-state index contributed by atoms with van der Waals surface area (Å²) in [5.74, 6) is 2.32. The van der Waals surface area contributed by atoms with E-state index in [9.17, 15) is 4.79 Å². The Morgan fingerprint density at radius 2 is 2.14 bits per heavy atom. The second kappa shape index (κ2) is 7.11. The molecule has 0 aliphatic carbocycles. The summed E-state index contributed by atoms with van der Waals surface area (Å²) in [5, 5.41) is 0. The number of carbonyl (C=O) groups excluding carboxylic acids is 1. The van der Waals surface area contributed by atoms with Crippen LogP contribution < -0.4 is 0 Å². The molecule has 0 bridgehead atoms. The van der Waals surface area contributed by atoms with Gasteiger partial charge in [-0.2, -0.15) is 0 Å². The summed E-state index contributed by atoms with van der Waals surface area (Å²) in [6.45, 7) is 8.30. The fraction of sp³-hybridized carbons (Fsp3) is 0.588. The third-order valence-electron chi connectivity index (χ3n) is 4.38. The summed E-state index contributed by atoms with van der Waals surface area (Å²) in [6.07, 6.45) is 4.53. The molecule has 22 heavy (non-hydrogen) atoms. The molecule has 1 aromatic rings. The number of nitrogens with zero attached hydrogens (tertiary/aromatic N) is 2. The van der Waals surface area contributed by atoms with Crippen LogP contribution in [0.15, 0.2) is 22.6 Å². The topological polar surface area (TPSA) is 45.9 Å². The Morgan fingerprint density at radius 3 is 2.77 bits per heavy atom. The van der Waals surface area contributed by atoms with Crippen LogP contribution in [0.1, 0.15) is 17.9 Å². The average Bonchev–Trinajstić information content (AvgIpc) is 3.17. The van der Waals surface area contributed by atoms with Gasteiger partial charge in [-0.3, -0.25) is 9.69 Å². The Bertz CT molecular complexity index is 524. The lowest BCUT2D eigenvalue weighted by Gasteiger charge is -2.35. The van der Waals surface area contributed by atoms with E-state index in [2.05, 4.69) is 4.90 Å². The van der Waals surface area contributed by atoms with E-state index in [4.69, 9.17) is 9.15 Å². The highest BCUT2D eigenvalue weighted by Gasteiger charge is 2.23. The summed E-state index contributed by atoms with van der Waals surface area (Å²) < 4.78 is 10.9. The summed E-state index contributed by atoms with van der Waals surface area (Å²) in [4.78, 5) is 16.5. The van der Waals surface area contributed by atoms with Crippen molar-refractivity contribution < 1.29 is 13.9 Å². The third kappa shape index (κ3) is 3.99. The quantitative estimate of drug-likeness (QED) is 0.796. The van der Waals surface area contributed by atoms with Crippen molar-refractivity contribution in [2.24, 2.45) is 5.92 Å². The van der Waals surface area contributed by atoms with Gasteiger partial charge >= 0.3 is 0 Å². The molecule has 3 rings (SSSR count). The molecule has 0 aromatic carbocycles. The van der Waals surface area contributed by atoms with Crippen LogP contribution in [0.25, 0.3) is 6.08 Å². The Hall–Kier alpha value is -1.59. The van der Waals surface area contributed by atoms with Gasteiger partial charge in [-0.15, -0.1) is 0 Å². The van der Waals surface area contributed by atoms with Crippen molar-refractivity contribution in [1.82, 2.24) is 9.80 Å². The van der Waals surface area contributed by atoms with Gasteiger partial charge in [-0.05, 0) is 37.5 Å². The van der Waals surface area contributed by atoms with Crippen LogP contribution in [0, 0.1) is 12.8 Å². The Kier molecular flexibility index (Phi) is 4.95. The maximum absolute atomic E-state index is 12.2. The standard InChI is InChI=1S/C17H24N2O3/c1-14-2-3-16(22-14)4-5-17(20)19-9-7-18(8-10-19)12-15-6-11-21-13-15/h2-5,15H,6-13H2,1H3/b5-4+/t15-/m1/s1. The fourth-order valence-corrected chi connectivity index (χ4v) is 3.05. The van der Waals surface area contributed by atoms with Gasteiger partial charge in [0.1, 0.15) is 11.5 Å². The maximum Gasteiger partial charge on any atom is 0.246 e. The Labute approximate surface area is 131 Å². The van der Waals surface area contributed by atoms with Crippen molar-refractivity contribution >= 4 is 12.0 Å². The lowest BCUT2D eigenvalue weighted by atomic mass is 10.1. The van der Waals surface area contributed by atoms with E-state index in [0.717, 1.165) is 57.5 Å². The minimum Gasteiger partial charge on any atom is -0.462 e. The lowest BCUT2D eigenvalue weighted by Crippen LogP contribution is -2.49. The first-order valence-corrected chi connectivity index (χ1v) is 8.04. The molecule has 3 heterocycles. The molecule has 1 aromatic heterocycles. The molecule has 2 fully saturated rings. The van der Waals surface area contributed by atoms with Gasteiger partial charge in [0.2, 0.25) is 5.91 Å². The molecule has 5 nitrogen and oxygen atoms in total. The van der Waals surface area contributed by atoms with Gasteiger partial charge in [0.15, 0.2) is 0 Å². The number of furan rings is 1. The molecule has 5 heteroatoms. The third-order valence-corrected chi connectivity index (χ3v) is 4.38. The molecule has 0 saturated carbocycles. The van der Waals surface area contributed by atoms with Crippen molar-refractivity contribution in [3.63, 3.8) is 0 Å². The van der Waals surface area contributed by atoms with Crippen LogP contribution in [0.5, 0.6) is 0 Å². The van der Waals surface area contributed by atoms with E-state index in [1.165, 1.54) is 6.42 Å². The second-order valence-electron chi connectivity index (χ2n) is 6.14. The van der Waals surface area contributed by atoms with Crippen LogP contribution in [0.2, 0.25) is 0 Å². The zero-order chi connectivity index (χ0) is 15.4. The highest BCUT2D eigenvalue weighted by molar-refractivity contribution is 5.91. The number of amides is 1. The van der Waals surface area contributed by atoms with E-state index >= 15 is 0 Å². The van der Waals surface area contributed by atoms with Crippen molar-refractivity contribution in [3.8, 4) is 0 Å². The van der Waals surface area contributed by atoms with Crippen molar-refractivity contribution in [3.05, 3.63) is 29.7 Å². The van der Waals surface area contributed by atoms with E-state index < -0.39 is 0 Å². The summed E-state index contributed by atoms with van der Waals surface area (Å²) in [6, 6.07) is 3.77. The van der Waals surface area contributed by atoms with Crippen molar-refractivity contribution in [2.75, 3.05) is 45.9 Å². The number of carbonyl (C=O) groups is 1. The summed E-state index contributed by atoms with van der Waals surface area (Å²) in [5.41, 5.74) is 0. The highest BCUT2D eigenvalue weighted by atomic mass is 16.5. The highest BCUT2D eigenvalue weighted by Crippen LogP contribution is 2.15. The van der Waals surface area contributed by atoms with Crippen LogP contribution in [-0.4, -0.2) is 61.6 Å². The predicted molar refractivity (Wildman–Crippen MR) is 84.4 cm³/mol. The number of hydrogen-bond acceptors (Lipinski definition) is 4. The van der Waals surface area contributed by atoms with Crippen molar-refractivity contribution in [2.45, 2.75) is 13.3 Å². The first kappa shape index (κ1) is 15.3. The van der Waals surface area contributed by atoms with Gasteiger partial charge in [0.05, 0.1) is 6.61 Å². The van der Waals surface area contributed by atoms with Crippen molar-refractivity contribution in [1.29, 1.82) is 0 Å². The lowest BCUT2D eigenvalue weighted by molar-refractivity contribution is -0.127. The van der Waals surface area contributed by atoms with Crippen LogP contribution in [-0.2, 0) is 9.53 Å². The van der Waals surface area contributed by atoms with E-state index in [1.54, 1.807) is 12.2 Å². The van der Waals surface area contributed by atoms with Gasteiger partial charge < -0.3 is 14.1 Å². The molecule has 120 valence electrons. The first-order valence-electron chi connectivity index (χ1n) is 8.04. The van der Waals surface area contributed by atoms with Gasteiger partial charge in [0.25, 0.3) is 0 Å². The minimum absolute atomic E-state index is 0.0675. The monoisotopic (exact) mass is 304 g/mol. The minimum atomic E-state index is 0.0675. The van der Waals surface area contributed by atoms with Gasteiger partial charge in [-0.1, -0.05) is 0 Å². The van der Waals surface area contributed by atoms with E-state index in [1.807, 2.05) is 24.0 Å². The van der Waals surface area contributed by atoms with Crippen LogP contribution in [0.3, 0.4) is 0 Å². The number of piperazine rings is 1. The van der Waals surface area contributed by atoms with E-state index in [0.29, 0.717) is 5.92 Å². The van der Waals surface area contributed by atoms with Crippen LogP contribution in [0.4, 0.5) is 0 Å². The SMILES string of the molecule is Cc1ccc(/C=C/C(=O)N2CCN(C[C@H]3CCOC3)CC2)o1. The first-order chi connectivity index (χ1) is 10.7. The van der Waals surface area contributed by atoms with Gasteiger partial charge in [0, 0.05) is 45.4 Å². The zero-order valence-corrected chi connectivity index (χ0v) is 13.2. The molecular weight excluding hydrogens is 280 g/mol. The number of hydrogen-bond donors (Lipinski definition) is 0. The molecule has 2 aliphatic heterocycles. The zero-order valence-electron chi connectivity index (χ0n) is 13.2. The molecule has 2 aliphatic rings. The fourth-order valence-electron chi connectivity index (χ4n) is 3.05. The predicted octanol–water partition coefficient (Wildman–Crippen LogP) is 1.78. The number of ether oxygens (including phenoxy) is 1. The molecule has 0 unspecified atom stereocenters. The maximum atomic E-state index is 12.2. The molecule has 0 spiro atoms. The van der Waals surface area contributed by atoms with Crippen LogP contribution >= 0.6 is 0 Å². The normalized spacial score (nSPS) is 23.5. The molecule has 1 atom stereocenters. The number of aryl methyl sites for hydroxylation is 1. The largest absolute Gasteiger partial charge is 0.462 e.